The summed E-state index contributed by atoms with van der Waals surface area (Å²) in [5.74, 6) is -0.512. The smallest absolute Gasteiger partial charge is 0.296 e. The van der Waals surface area contributed by atoms with E-state index >= 15 is 0 Å². The number of nitrogens with zero attached hydrogens (tertiary/aromatic N) is 2. The van der Waals surface area contributed by atoms with Gasteiger partial charge in [0, 0.05) is 25.0 Å². The largest absolute Gasteiger partial charge is 0.507 e. The number of methoxy groups -OCH3 is 2. The van der Waals surface area contributed by atoms with Gasteiger partial charge in [-0.05, 0) is 42.8 Å². The number of ketones is 1. The Morgan fingerprint density at radius 3 is 2.42 bits per heavy atom. The van der Waals surface area contributed by atoms with Gasteiger partial charge in [-0.2, -0.15) is 0 Å². The van der Waals surface area contributed by atoms with Crippen LogP contribution in [0.3, 0.4) is 0 Å². The summed E-state index contributed by atoms with van der Waals surface area (Å²) in [6.07, 6.45) is 3.20. The molecule has 33 heavy (non-hydrogen) atoms. The van der Waals surface area contributed by atoms with Crippen LogP contribution < -0.4 is 9.47 Å². The number of halogens is 1. The Hall–Kier alpha value is -3.78. The lowest BCUT2D eigenvalue weighted by Crippen LogP contribution is -2.29. The summed E-state index contributed by atoms with van der Waals surface area (Å²) in [6.45, 7) is 1.87. The molecule has 170 valence electrons. The molecule has 3 heterocycles. The molecule has 1 unspecified atom stereocenters. The number of aromatic nitrogens is 1. The molecule has 1 atom stereocenters. The number of hydrogen-bond donors (Lipinski definition) is 1. The van der Waals surface area contributed by atoms with Crippen molar-refractivity contribution >= 4 is 29.1 Å². The van der Waals surface area contributed by atoms with E-state index in [2.05, 4.69) is 4.98 Å². The second kappa shape index (κ2) is 8.99. The number of furan rings is 1. The Morgan fingerprint density at radius 1 is 1.12 bits per heavy atom. The van der Waals surface area contributed by atoms with E-state index in [0.717, 1.165) is 5.56 Å². The molecular formula is C24H21ClN2O6. The highest BCUT2D eigenvalue weighted by atomic mass is 35.5. The number of rotatable bonds is 6. The molecule has 0 aliphatic carbocycles. The molecule has 1 amide bonds. The minimum Gasteiger partial charge on any atom is -0.507 e. The number of carbonyl (C=O) groups excluding carboxylic acids is 2. The van der Waals surface area contributed by atoms with Gasteiger partial charge in [-0.3, -0.25) is 14.6 Å². The maximum absolute atomic E-state index is 13.2. The molecule has 1 N–H and O–H groups in total. The second-order valence-corrected chi connectivity index (χ2v) is 7.83. The molecule has 0 bridgehead atoms. The Morgan fingerprint density at radius 2 is 1.82 bits per heavy atom. The molecule has 9 heteroatoms. The molecule has 2 aromatic heterocycles. The lowest BCUT2D eigenvalue weighted by atomic mass is 9.98. The van der Waals surface area contributed by atoms with E-state index in [1.165, 1.54) is 31.3 Å². The summed E-state index contributed by atoms with van der Waals surface area (Å²) in [4.78, 5) is 31.6. The van der Waals surface area contributed by atoms with Crippen LogP contribution in [-0.4, -0.2) is 40.9 Å². The van der Waals surface area contributed by atoms with Crippen LogP contribution in [0.1, 0.15) is 28.7 Å². The van der Waals surface area contributed by atoms with Gasteiger partial charge in [-0.1, -0.05) is 11.6 Å². The lowest BCUT2D eigenvalue weighted by Gasteiger charge is -2.23. The Kier molecular flexibility index (Phi) is 6.11. The van der Waals surface area contributed by atoms with Crippen LogP contribution in [0.25, 0.3) is 5.76 Å². The normalized spacial score (nSPS) is 17.5. The van der Waals surface area contributed by atoms with Crippen molar-refractivity contribution in [1.82, 2.24) is 9.88 Å². The van der Waals surface area contributed by atoms with Crippen LogP contribution in [0, 0.1) is 6.92 Å². The number of likely N-dealkylation sites (tertiary alicyclic amines) is 1. The van der Waals surface area contributed by atoms with Crippen LogP contribution in [-0.2, 0) is 16.1 Å². The fourth-order valence-electron chi connectivity index (χ4n) is 3.81. The third-order valence-corrected chi connectivity index (χ3v) is 5.70. The summed E-state index contributed by atoms with van der Waals surface area (Å²) >= 11 is 6.27. The quantitative estimate of drug-likeness (QED) is 0.327. The summed E-state index contributed by atoms with van der Waals surface area (Å²) in [6, 6.07) is 8.87. The number of Topliss-reactive ketones (excluding diaryl/α,β-unsaturated/α-hetero) is 1. The molecule has 1 saturated heterocycles. The SMILES string of the molecule is COc1cc(OC)c(/C(O)=C2\C(=O)C(=O)N(Cc3ccncc3)C2c2ccc(C)o2)cc1Cl. The molecule has 1 aliphatic heterocycles. The highest BCUT2D eigenvalue weighted by Crippen LogP contribution is 2.43. The topological polar surface area (TPSA) is 102 Å². The van der Waals surface area contributed by atoms with E-state index < -0.39 is 23.5 Å². The van der Waals surface area contributed by atoms with Gasteiger partial charge in [0.05, 0.1) is 30.4 Å². The average Bonchev–Trinajstić information content (AvgIpc) is 3.35. The van der Waals surface area contributed by atoms with Crippen molar-refractivity contribution in [3.63, 3.8) is 0 Å². The fraction of sp³-hybridized carbons (Fsp3) is 0.208. The van der Waals surface area contributed by atoms with E-state index in [1.54, 1.807) is 43.6 Å². The van der Waals surface area contributed by atoms with Crippen molar-refractivity contribution < 1.29 is 28.6 Å². The number of carbonyl (C=O) groups is 2. The number of hydrogen-bond acceptors (Lipinski definition) is 7. The molecule has 0 radical (unpaired) electrons. The van der Waals surface area contributed by atoms with E-state index in [4.69, 9.17) is 25.5 Å². The molecule has 1 aromatic carbocycles. The summed E-state index contributed by atoms with van der Waals surface area (Å²) in [5.41, 5.74) is 0.798. The van der Waals surface area contributed by atoms with Gasteiger partial charge in [-0.15, -0.1) is 0 Å². The summed E-state index contributed by atoms with van der Waals surface area (Å²) in [7, 11) is 2.86. The highest BCUT2D eigenvalue weighted by molar-refractivity contribution is 6.46. The number of benzene rings is 1. The Labute approximate surface area is 195 Å². The first-order valence-electron chi connectivity index (χ1n) is 10.0. The number of aliphatic hydroxyl groups is 1. The molecule has 1 aliphatic rings. The molecular weight excluding hydrogens is 448 g/mol. The van der Waals surface area contributed by atoms with Gasteiger partial charge in [-0.25, -0.2) is 0 Å². The first kappa shape index (κ1) is 22.4. The number of amides is 1. The maximum Gasteiger partial charge on any atom is 0.296 e. The highest BCUT2D eigenvalue weighted by Gasteiger charge is 2.47. The van der Waals surface area contributed by atoms with Crippen molar-refractivity contribution in [2.24, 2.45) is 0 Å². The Balaban J connectivity index is 1.90. The molecule has 1 fully saturated rings. The number of aryl methyl sites for hydroxylation is 1. The van der Waals surface area contributed by atoms with Gasteiger partial charge in [0.25, 0.3) is 11.7 Å². The van der Waals surface area contributed by atoms with Gasteiger partial charge >= 0.3 is 0 Å². The molecule has 8 nitrogen and oxygen atoms in total. The monoisotopic (exact) mass is 468 g/mol. The van der Waals surface area contributed by atoms with Gasteiger partial charge in [0.15, 0.2) is 0 Å². The molecule has 0 saturated carbocycles. The number of ether oxygens (including phenoxy) is 2. The van der Waals surface area contributed by atoms with E-state index in [9.17, 15) is 14.7 Å². The zero-order chi connectivity index (χ0) is 23.7. The fourth-order valence-corrected chi connectivity index (χ4v) is 4.06. The van der Waals surface area contributed by atoms with Crippen molar-refractivity contribution in [2.75, 3.05) is 14.2 Å². The van der Waals surface area contributed by atoms with Crippen LogP contribution in [0.4, 0.5) is 0 Å². The minimum atomic E-state index is -0.947. The van der Waals surface area contributed by atoms with E-state index in [1.807, 2.05) is 0 Å². The first-order chi connectivity index (χ1) is 15.8. The number of pyridine rings is 1. The summed E-state index contributed by atoms with van der Waals surface area (Å²) < 4.78 is 16.4. The predicted octanol–water partition coefficient (Wildman–Crippen LogP) is 4.28. The van der Waals surface area contributed by atoms with Crippen LogP contribution in [0.15, 0.2) is 58.8 Å². The van der Waals surface area contributed by atoms with Crippen molar-refractivity contribution in [3.05, 3.63) is 82.0 Å². The molecule has 0 spiro atoms. The molecule has 4 rings (SSSR count). The van der Waals surface area contributed by atoms with Crippen LogP contribution in [0.5, 0.6) is 11.5 Å². The van der Waals surface area contributed by atoms with Crippen molar-refractivity contribution in [1.29, 1.82) is 0 Å². The predicted molar refractivity (Wildman–Crippen MR) is 120 cm³/mol. The Bertz CT molecular complexity index is 1250. The zero-order valence-corrected chi connectivity index (χ0v) is 18.9. The van der Waals surface area contributed by atoms with Crippen molar-refractivity contribution in [3.8, 4) is 11.5 Å². The standard InChI is InChI=1S/C24H21ClN2O6/c1-13-4-5-17(33-13)21-20(22(28)15-10-16(25)19(32-3)11-18(15)31-2)23(29)24(30)27(21)12-14-6-8-26-9-7-14/h4-11,21,28H,12H2,1-3H3/b22-20+. The second-order valence-electron chi connectivity index (χ2n) is 7.42. The van der Waals surface area contributed by atoms with Crippen molar-refractivity contribution in [2.45, 2.75) is 19.5 Å². The van der Waals surface area contributed by atoms with Gasteiger partial charge < -0.3 is 23.9 Å². The third kappa shape index (κ3) is 4.05. The maximum atomic E-state index is 13.2. The minimum absolute atomic E-state index is 0.120. The van der Waals surface area contributed by atoms with E-state index in [-0.39, 0.29) is 28.5 Å². The summed E-state index contributed by atoms with van der Waals surface area (Å²) in [5, 5.41) is 11.5. The van der Waals surface area contributed by atoms with Gasteiger partial charge in [0.2, 0.25) is 0 Å². The first-order valence-corrected chi connectivity index (χ1v) is 10.4. The van der Waals surface area contributed by atoms with Crippen LogP contribution >= 0.6 is 11.6 Å². The third-order valence-electron chi connectivity index (χ3n) is 5.40. The van der Waals surface area contributed by atoms with Crippen LogP contribution in [0.2, 0.25) is 5.02 Å². The average molecular weight is 469 g/mol. The number of aliphatic hydroxyl groups excluding tert-OH is 1. The van der Waals surface area contributed by atoms with Gasteiger partial charge in [0.1, 0.15) is 34.8 Å². The van der Waals surface area contributed by atoms with E-state index in [0.29, 0.717) is 17.3 Å². The lowest BCUT2D eigenvalue weighted by molar-refractivity contribution is -0.140. The zero-order valence-electron chi connectivity index (χ0n) is 18.2. The molecule has 3 aromatic rings.